The van der Waals surface area contributed by atoms with Crippen LogP contribution in [0.25, 0.3) is 22.4 Å². The van der Waals surface area contributed by atoms with Gasteiger partial charge < -0.3 is 10.3 Å². The zero-order valence-corrected chi connectivity index (χ0v) is 12.6. The van der Waals surface area contributed by atoms with Gasteiger partial charge in [-0.25, -0.2) is 4.98 Å². The first-order chi connectivity index (χ1) is 8.99. The Morgan fingerprint density at radius 3 is 2.68 bits per heavy atom. The third-order valence-corrected chi connectivity index (χ3v) is 4.75. The molecule has 0 radical (unpaired) electrons. The highest BCUT2D eigenvalue weighted by Gasteiger charge is 2.18. The lowest BCUT2D eigenvalue weighted by Crippen LogP contribution is -1.95. The van der Waals surface area contributed by atoms with Crippen molar-refractivity contribution in [2.75, 3.05) is 5.73 Å². The number of fused-ring (bicyclic) bond motifs is 1. The van der Waals surface area contributed by atoms with Crippen molar-refractivity contribution in [3.8, 4) is 11.4 Å². The van der Waals surface area contributed by atoms with Crippen molar-refractivity contribution in [2.45, 2.75) is 13.8 Å². The fraction of sp³-hybridized carbons (Fsp3) is 0.214. The number of aromatic nitrogens is 2. The van der Waals surface area contributed by atoms with Gasteiger partial charge in [-0.15, -0.1) is 11.3 Å². The number of hydrogen-bond acceptors (Lipinski definition) is 3. The van der Waals surface area contributed by atoms with Gasteiger partial charge in [0.25, 0.3) is 0 Å². The van der Waals surface area contributed by atoms with Crippen LogP contribution >= 0.6 is 22.9 Å². The first kappa shape index (κ1) is 12.5. The molecule has 5 heteroatoms. The summed E-state index contributed by atoms with van der Waals surface area (Å²) in [6.07, 6.45) is 0. The summed E-state index contributed by atoms with van der Waals surface area (Å²) in [6, 6.07) is 5.72. The number of nitrogens with zero attached hydrogens (tertiary/aromatic N) is 2. The number of thiophene rings is 1. The summed E-state index contributed by atoms with van der Waals surface area (Å²) in [4.78, 5) is 5.92. The van der Waals surface area contributed by atoms with Crippen LogP contribution < -0.4 is 5.73 Å². The van der Waals surface area contributed by atoms with Crippen LogP contribution in [-0.4, -0.2) is 9.55 Å². The topological polar surface area (TPSA) is 43.8 Å². The normalized spacial score (nSPS) is 11.4. The van der Waals surface area contributed by atoms with Gasteiger partial charge in [0.2, 0.25) is 0 Å². The standard InChI is InChI=1S/C14H14ClN3S/c1-7-8(2)19-13(16)12(7)14-17-10-5-4-9(15)6-11(10)18(14)3/h4-6H,16H2,1-3H3. The number of aryl methyl sites for hydroxylation is 2. The monoisotopic (exact) mass is 291 g/mol. The smallest absolute Gasteiger partial charge is 0.144 e. The molecule has 3 aromatic rings. The molecule has 0 fully saturated rings. The zero-order chi connectivity index (χ0) is 13.7. The molecule has 0 aliphatic rings. The van der Waals surface area contributed by atoms with E-state index in [0.29, 0.717) is 5.02 Å². The summed E-state index contributed by atoms with van der Waals surface area (Å²) in [5.74, 6) is 0.900. The lowest BCUT2D eigenvalue weighted by Gasteiger charge is -2.03. The molecule has 0 bridgehead atoms. The third kappa shape index (κ3) is 1.83. The van der Waals surface area contributed by atoms with Crippen molar-refractivity contribution < 1.29 is 0 Å². The van der Waals surface area contributed by atoms with E-state index in [9.17, 15) is 0 Å². The van der Waals surface area contributed by atoms with Crippen LogP contribution in [0.1, 0.15) is 10.4 Å². The minimum absolute atomic E-state index is 0.716. The lowest BCUT2D eigenvalue weighted by atomic mass is 10.1. The van der Waals surface area contributed by atoms with Crippen LogP contribution in [0.3, 0.4) is 0 Å². The Balaban J connectivity index is 2.34. The molecule has 2 N–H and O–H groups in total. The van der Waals surface area contributed by atoms with Gasteiger partial charge in [-0.05, 0) is 37.6 Å². The maximum Gasteiger partial charge on any atom is 0.144 e. The largest absolute Gasteiger partial charge is 0.390 e. The van der Waals surface area contributed by atoms with Gasteiger partial charge in [0.15, 0.2) is 0 Å². The number of nitrogen functional groups attached to an aromatic ring is 1. The fourth-order valence-electron chi connectivity index (χ4n) is 2.32. The SMILES string of the molecule is Cc1sc(N)c(-c2nc3ccc(Cl)cc3n2C)c1C. The van der Waals surface area contributed by atoms with Gasteiger partial charge in [0.1, 0.15) is 5.82 Å². The highest BCUT2D eigenvalue weighted by atomic mass is 35.5. The Bertz CT molecular complexity index is 786. The first-order valence-electron chi connectivity index (χ1n) is 5.97. The lowest BCUT2D eigenvalue weighted by molar-refractivity contribution is 0.959. The van der Waals surface area contributed by atoms with Gasteiger partial charge in [-0.1, -0.05) is 11.6 Å². The Hall–Kier alpha value is -1.52. The van der Waals surface area contributed by atoms with E-state index in [1.165, 1.54) is 10.4 Å². The van der Waals surface area contributed by atoms with E-state index >= 15 is 0 Å². The van der Waals surface area contributed by atoms with E-state index in [1.807, 2.05) is 29.8 Å². The van der Waals surface area contributed by atoms with Gasteiger partial charge in [-0.3, -0.25) is 0 Å². The first-order valence-corrected chi connectivity index (χ1v) is 7.16. The average molecular weight is 292 g/mol. The molecule has 2 heterocycles. The van der Waals surface area contributed by atoms with E-state index in [1.54, 1.807) is 11.3 Å². The van der Waals surface area contributed by atoms with Crippen molar-refractivity contribution in [2.24, 2.45) is 7.05 Å². The molecule has 2 aromatic heterocycles. The molecule has 0 spiro atoms. The summed E-state index contributed by atoms with van der Waals surface area (Å²) >= 11 is 7.66. The highest BCUT2D eigenvalue weighted by Crippen LogP contribution is 2.38. The van der Waals surface area contributed by atoms with E-state index < -0.39 is 0 Å². The molecule has 0 aliphatic heterocycles. The highest BCUT2D eigenvalue weighted by molar-refractivity contribution is 7.16. The van der Waals surface area contributed by atoms with Crippen LogP contribution in [0.2, 0.25) is 5.02 Å². The molecule has 0 atom stereocenters. The maximum atomic E-state index is 6.13. The van der Waals surface area contributed by atoms with Crippen LogP contribution in [0.5, 0.6) is 0 Å². The summed E-state index contributed by atoms with van der Waals surface area (Å²) in [7, 11) is 1.99. The molecule has 0 aliphatic carbocycles. The van der Waals surface area contributed by atoms with E-state index in [2.05, 4.69) is 18.8 Å². The van der Waals surface area contributed by atoms with Gasteiger partial charge in [0.05, 0.1) is 21.6 Å². The number of benzene rings is 1. The van der Waals surface area contributed by atoms with Crippen LogP contribution in [0.15, 0.2) is 18.2 Å². The Morgan fingerprint density at radius 1 is 1.32 bits per heavy atom. The van der Waals surface area contributed by atoms with Crippen molar-refractivity contribution >= 4 is 39.0 Å². The van der Waals surface area contributed by atoms with Crippen molar-refractivity contribution in [1.29, 1.82) is 0 Å². The molecular formula is C14H14ClN3S. The van der Waals surface area contributed by atoms with E-state index in [-0.39, 0.29) is 0 Å². The van der Waals surface area contributed by atoms with Crippen LogP contribution in [0.4, 0.5) is 5.00 Å². The zero-order valence-electron chi connectivity index (χ0n) is 11.0. The van der Waals surface area contributed by atoms with E-state index in [0.717, 1.165) is 27.4 Å². The second-order valence-electron chi connectivity index (χ2n) is 4.65. The molecule has 0 saturated carbocycles. The second-order valence-corrected chi connectivity index (χ2v) is 6.34. The molecule has 98 valence electrons. The summed E-state index contributed by atoms with van der Waals surface area (Å²) in [5, 5.41) is 1.53. The summed E-state index contributed by atoms with van der Waals surface area (Å²) in [6.45, 7) is 4.17. The summed E-state index contributed by atoms with van der Waals surface area (Å²) in [5.41, 5.74) is 10.3. The summed E-state index contributed by atoms with van der Waals surface area (Å²) < 4.78 is 2.05. The van der Waals surface area contributed by atoms with Crippen molar-refractivity contribution in [1.82, 2.24) is 9.55 Å². The third-order valence-electron chi connectivity index (χ3n) is 3.48. The Morgan fingerprint density at radius 2 is 2.05 bits per heavy atom. The van der Waals surface area contributed by atoms with Gasteiger partial charge in [0, 0.05) is 16.9 Å². The number of anilines is 1. The molecule has 19 heavy (non-hydrogen) atoms. The average Bonchev–Trinajstić information content (AvgIpc) is 2.79. The van der Waals surface area contributed by atoms with Crippen LogP contribution in [0, 0.1) is 13.8 Å². The molecule has 0 unspecified atom stereocenters. The molecule has 0 saturated heterocycles. The Labute approximate surface area is 120 Å². The van der Waals surface area contributed by atoms with Crippen molar-refractivity contribution in [3.63, 3.8) is 0 Å². The predicted molar refractivity (Wildman–Crippen MR) is 82.9 cm³/mol. The number of imidazole rings is 1. The molecule has 3 rings (SSSR count). The molecule has 1 aromatic carbocycles. The number of hydrogen-bond donors (Lipinski definition) is 1. The minimum Gasteiger partial charge on any atom is -0.390 e. The fourth-order valence-corrected chi connectivity index (χ4v) is 3.42. The minimum atomic E-state index is 0.716. The second kappa shape index (κ2) is 4.25. The molecule has 3 nitrogen and oxygen atoms in total. The van der Waals surface area contributed by atoms with Gasteiger partial charge in [-0.2, -0.15) is 0 Å². The number of rotatable bonds is 1. The number of halogens is 1. The Kier molecular flexibility index (Phi) is 2.80. The quantitative estimate of drug-likeness (QED) is 0.732. The molecular weight excluding hydrogens is 278 g/mol. The van der Waals surface area contributed by atoms with Crippen LogP contribution in [-0.2, 0) is 7.05 Å². The van der Waals surface area contributed by atoms with E-state index in [4.69, 9.17) is 17.3 Å². The molecule has 0 amide bonds. The predicted octanol–water partition coefficient (Wildman–Crippen LogP) is 4.15. The van der Waals surface area contributed by atoms with Gasteiger partial charge >= 0.3 is 0 Å². The van der Waals surface area contributed by atoms with Crippen molar-refractivity contribution in [3.05, 3.63) is 33.7 Å². The number of nitrogens with two attached hydrogens (primary N) is 1. The maximum absolute atomic E-state index is 6.13.